The van der Waals surface area contributed by atoms with Crippen LogP contribution in [0.2, 0.25) is 0 Å². The predicted molar refractivity (Wildman–Crippen MR) is 137 cm³/mol. The fraction of sp³-hybridized carbons (Fsp3) is 0.462. The van der Waals surface area contributed by atoms with Crippen molar-refractivity contribution in [3.05, 3.63) is 52.3 Å². The van der Waals surface area contributed by atoms with Gasteiger partial charge in [0.2, 0.25) is 0 Å². The number of carbonyl (C=O) groups excluding carboxylic acids is 2. The molecule has 2 aliphatic rings. The molecular weight excluding hydrogens is 533 g/mol. The number of esters is 1. The first-order valence-electron chi connectivity index (χ1n) is 11.9. The van der Waals surface area contributed by atoms with Crippen LogP contribution in [0.15, 0.2) is 40.9 Å². The van der Waals surface area contributed by atoms with Crippen molar-refractivity contribution in [1.29, 1.82) is 0 Å². The van der Waals surface area contributed by atoms with E-state index in [1.807, 2.05) is 25.7 Å². The molecule has 1 amide bonds. The lowest BCUT2D eigenvalue weighted by Gasteiger charge is -2.49. The van der Waals surface area contributed by atoms with Gasteiger partial charge in [0.25, 0.3) is 0 Å². The third-order valence-corrected chi connectivity index (χ3v) is 6.82. The summed E-state index contributed by atoms with van der Waals surface area (Å²) in [5, 5.41) is 0. The smallest absolute Gasteiger partial charge is 0.410 e. The number of benzene rings is 2. The summed E-state index contributed by atoms with van der Waals surface area (Å²) in [5.74, 6) is -0.403. The maximum Gasteiger partial charge on any atom is 0.410 e. The van der Waals surface area contributed by atoms with E-state index in [1.54, 1.807) is 41.3 Å². The largest absolute Gasteiger partial charge is 0.465 e. The normalized spacial score (nSPS) is 16.9. The summed E-state index contributed by atoms with van der Waals surface area (Å²) in [5.41, 5.74) is 0.344. The summed E-state index contributed by atoms with van der Waals surface area (Å²) in [6.07, 6.45) is -0.275. The maximum atomic E-state index is 15.3. The zero-order chi connectivity index (χ0) is 26.0. The van der Waals surface area contributed by atoms with Crippen molar-refractivity contribution in [2.45, 2.75) is 32.4 Å². The Hall–Kier alpha value is -2.85. The molecule has 0 N–H and O–H groups in total. The number of amides is 1. The zero-order valence-corrected chi connectivity index (χ0v) is 22.5. The average molecular weight is 564 g/mol. The van der Waals surface area contributed by atoms with Crippen LogP contribution < -0.4 is 9.64 Å². The molecule has 0 aromatic heterocycles. The van der Waals surface area contributed by atoms with Crippen molar-refractivity contribution in [3.63, 3.8) is 0 Å². The van der Waals surface area contributed by atoms with Crippen molar-refractivity contribution in [3.8, 4) is 11.5 Å². The molecule has 2 aromatic carbocycles. The van der Waals surface area contributed by atoms with Crippen LogP contribution in [0, 0.1) is 5.82 Å². The first kappa shape index (κ1) is 26.2. The number of anilines is 1. The fourth-order valence-electron chi connectivity index (χ4n) is 4.25. The van der Waals surface area contributed by atoms with Gasteiger partial charge in [0.1, 0.15) is 11.4 Å². The molecule has 0 aliphatic carbocycles. The summed E-state index contributed by atoms with van der Waals surface area (Å²) < 4.78 is 31.9. The lowest BCUT2D eigenvalue weighted by molar-refractivity contribution is 0.00872. The number of nitrogens with zero attached hydrogens (tertiary/aromatic N) is 3. The van der Waals surface area contributed by atoms with E-state index >= 15 is 4.39 Å². The van der Waals surface area contributed by atoms with Gasteiger partial charge in [-0.15, -0.1) is 0 Å². The quantitative estimate of drug-likeness (QED) is 0.478. The van der Waals surface area contributed by atoms with Gasteiger partial charge in [-0.25, -0.2) is 14.0 Å². The van der Waals surface area contributed by atoms with E-state index in [-0.39, 0.29) is 11.8 Å². The van der Waals surface area contributed by atoms with Crippen LogP contribution in [0.3, 0.4) is 0 Å². The molecule has 4 rings (SSSR count). The van der Waals surface area contributed by atoms with Gasteiger partial charge in [0, 0.05) is 45.3 Å². The minimum atomic E-state index is -0.506. The van der Waals surface area contributed by atoms with Crippen LogP contribution in [-0.4, -0.2) is 79.9 Å². The first-order chi connectivity index (χ1) is 17.1. The zero-order valence-electron chi connectivity index (χ0n) is 20.9. The number of hydrogen-bond acceptors (Lipinski definition) is 7. The summed E-state index contributed by atoms with van der Waals surface area (Å²) in [6.45, 7) is 9.75. The number of carbonyl (C=O) groups is 2. The van der Waals surface area contributed by atoms with Crippen LogP contribution in [0.5, 0.6) is 11.5 Å². The summed E-state index contributed by atoms with van der Waals surface area (Å²) in [7, 11) is 1.31. The average Bonchev–Trinajstić information content (AvgIpc) is 2.80. The van der Waals surface area contributed by atoms with Gasteiger partial charge in [-0.1, -0.05) is 6.07 Å². The first-order valence-corrected chi connectivity index (χ1v) is 12.7. The van der Waals surface area contributed by atoms with E-state index in [4.69, 9.17) is 14.2 Å². The number of halogens is 2. The van der Waals surface area contributed by atoms with E-state index in [1.165, 1.54) is 7.11 Å². The molecule has 0 unspecified atom stereocenters. The number of piperazine rings is 1. The Morgan fingerprint density at radius 2 is 1.72 bits per heavy atom. The third-order valence-electron chi connectivity index (χ3n) is 6.20. The molecular formula is C26H31BrFN3O5. The monoisotopic (exact) mass is 563 g/mol. The Kier molecular flexibility index (Phi) is 7.75. The molecule has 0 bridgehead atoms. The van der Waals surface area contributed by atoms with E-state index in [0.717, 1.165) is 13.1 Å². The molecule has 194 valence electrons. The van der Waals surface area contributed by atoms with Crippen molar-refractivity contribution < 1.29 is 28.2 Å². The molecule has 2 fully saturated rings. The summed E-state index contributed by atoms with van der Waals surface area (Å²) in [6, 6.07) is 10.1. The van der Waals surface area contributed by atoms with E-state index in [9.17, 15) is 9.59 Å². The Balaban J connectivity index is 1.33. The van der Waals surface area contributed by atoms with E-state index in [0.29, 0.717) is 53.7 Å². The second kappa shape index (κ2) is 10.6. The molecule has 8 nitrogen and oxygen atoms in total. The maximum absolute atomic E-state index is 15.3. The Labute approximate surface area is 219 Å². The highest BCUT2D eigenvalue weighted by Crippen LogP contribution is 2.36. The van der Waals surface area contributed by atoms with Crippen LogP contribution in [0.1, 0.15) is 31.1 Å². The van der Waals surface area contributed by atoms with Crippen molar-refractivity contribution in [2.24, 2.45) is 0 Å². The Morgan fingerprint density at radius 3 is 2.33 bits per heavy atom. The van der Waals surface area contributed by atoms with Gasteiger partial charge in [-0.2, -0.15) is 0 Å². The lowest BCUT2D eigenvalue weighted by atomic mass is 10.0. The fourth-order valence-corrected chi connectivity index (χ4v) is 4.71. The van der Waals surface area contributed by atoms with Crippen LogP contribution >= 0.6 is 15.9 Å². The minimum Gasteiger partial charge on any atom is -0.465 e. The van der Waals surface area contributed by atoms with Gasteiger partial charge < -0.3 is 24.0 Å². The SMILES string of the molecule is COC(=O)c1ccc(Oc2cccc(N3CC(N4CCN(C(=O)OC(C)(C)C)CC4)C3)c2F)c(Br)c1. The standard InChI is InChI=1S/C26H31BrFN3O5/c1-26(2,3)36-25(33)30-12-10-29(11-13-30)18-15-31(16-18)20-6-5-7-22(23(20)28)35-21-9-8-17(14-19(21)27)24(32)34-4/h5-9,14,18H,10-13,15-16H2,1-4H3. The topological polar surface area (TPSA) is 71.6 Å². The summed E-state index contributed by atoms with van der Waals surface area (Å²) >= 11 is 3.37. The van der Waals surface area contributed by atoms with Gasteiger partial charge in [-0.3, -0.25) is 4.90 Å². The number of rotatable bonds is 5. The third kappa shape index (κ3) is 5.92. The highest BCUT2D eigenvalue weighted by atomic mass is 79.9. The van der Waals surface area contributed by atoms with Crippen LogP contribution in [0.4, 0.5) is 14.9 Å². The predicted octanol–water partition coefficient (Wildman–Crippen LogP) is 4.91. The lowest BCUT2D eigenvalue weighted by Crippen LogP contribution is -2.63. The van der Waals surface area contributed by atoms with Gasteiger partial charge in [-0.05, 0) is 67.0 Å². The van der Waals surface area contributed by atoms with Gasteiger partial charge >= 0.3 is 12.1 Å². The summed E-state index contributed by atoms with van der Waals surface area (Å²) in [4.78, 5) is 30.1. The number of hydrogen-bond donors (Lipinski definition) is 0. The molecule has 0 spiro atoms. The molecule has 2 heterocycles. The second-order valence-electron chi connectivity index (χ2n) is 9.89. The minimum absolute atomic E-state index is 0.105. The molecule has 2 aromatic rings. The highest BCUT2D eigenvalue weighted by molar-refractivity contribution is 9.10. The van der Waals surface area contributed by atoms with Crippen LogP contribution in [-0.2, 0) is 9.47 Å². The Bertz CT molecular complexity index is 1130. The molecule has 2 saturated heterocycles. The number of ether oxygens (including phenoxy) is 3. The second-order valence-corrected chi connectivity index (χ2v) is 10.7. The van der Waals surface area contributed by atoms with Crippen molar-refractivity contribution in [1.82, 2.24) is 9.80 Å². The number of methoxy groups -OCH3 is 1. The Morgan fingerprint density at radius 1 is 1.03 bits per heavy atom. The molecule has 0 saturated carbocycles. The highest BCUT2D eigenvalue weighted by Gasteiger charge is 2.36. The van der Waals surface area contributed by atoms with Gasteiger partial charge in [0.05, 0.1) is 22.8 Å². The molecule has 10 heteroatoms. The molecule has 36 heavy (non-hydrogen) atoms. The van der Waals surface area contributed by atoms with E-state index < -0.39 is 17.4 Å². The molecule has 0 atom stereocenters. The van der Waals surface area contributed by atoms with Crippen molar-refractivity contribution in [2.75, 3.05) is 51.3 Å². The van der Waals surface area contributed by atoms with Crippen molar-refractivity contribution >= 4 is 33.7 Å². The van der Waals surface area contributed by atoms with Gasteiger partial charge in [0.15, 0.2) is 11.6 Å². The van der Waals surface area contributed by atoms with E-state index in [2.05, 4.69) is 20.8 Å². The molecule has 2 aliphatic heterocycles. The molecule has 0 radical (unpaired) electrons. The van der Waals surface area contributed by atoms with Crippen LogP contribution in [0.25, 0.3) is 0 Å².